The highest BCUT2D eigenvalue weighted by molar-refractivity contribution is 6.33. The van der Waals surface area contributed by atoms with Crippen LogP contribution in [0.5, 0.6) is 0 Å². The van der Waals surface area contributed by atoms with Gasteiger partial charge in [0.05, 0.1) is 11.2 Å². The van der Waals surface area contributed by atoms with Crippen molar-refractivity contribution in [3.05, 3.63) is 46.5 Å². The summed E-state index contributed by atoms with van der Waals surface area (Å²) < 4.78 is 15.7. The van der Waals surface area contributed by atoms with Gasteiger partial charge in [0, 0.05) is 25.1 Å². The Balaban J connectivity index is 2.23. The lowest BCUT2D eigenvalue weighted by atomic mass is 9.94. The van der Waals surface area contributed by atoms with E-state index in [2.05, 4.69) is 4.98 Å². The lowest BCUT2D eigenvalue weighted by molar-refractivity contribution is -0.317. The summed E-state index contributed by atoms with van der Waals surface area (Å²) in [6, 6.07) is 3.80. The zero-order valence-electron chi connectivity index (χ0n) is 13.7. The first-order chi connectivity index (χ1) is 11.4. The monoisotopic (exact) mass is 345 g/mol. The zero-order valence-corrected chi connectivity index (χ0v) is 14.4. The molecular weight excluding hydrogens is 327 g/mol. The molecule has 6 heteroatoms. The van der Waals surface area contributed by atoms with Crippen LogP contribution in [0.3, 0.4) is 0 Å². The van der Waals surface area contributed by atoms with Crippen molar-refractivity contribution in [1.82, 2.24) is 4.98 Å². The maximum Gasteiger partial charge on any atom is 0.234 e. The minimum absolute atomic E-state index is 0.307. The van der Waals surface area contributed by atoms with Crippen LogP contribution in [0.2, 0.25) is 5.02 Å². The first-order valence-electron chi connectivity index (χ1n) is 7.85. The standard InChI is InChI=1S/C18H18ClFN4/c1-3-13-14(8-23-9-16(13)20)12-6-11-4-5-17(22)24(10(2)21)18(11)15(19)7-12/h6-9,21-22H,3-5H2,1-2H3/p+1. The summed E-state index contributed by atoms with van der Waals surface area (Å²) in [6.45, 7) is 3.66. The Labute approximate surface area is 145 Å². The fourth-order valence-electron chi connectivity index (χ4n) is 3.21. The van der Waals surface area contributed by atoms with Crippen LogP contribution < -0.4 is 5.73 Å². The molecule has 1 aromatic heterocycles. The van der Waals surface area contributed by atoms with Crippen molar-refractivity contribution < 1.29 is 8.97 Å². The van der Waals surface area contributed by atoms with Gasteiger partial charge in [-0.3, -0.25) is 4.98 Å². The predicted molar refractivity (Wildman–Crippen MR) is 94.9 cm³/mol. The van der Waals surface area contributed by atoms with Gasteiger partial charge in [-0.1, -0.05) is 18.5 Å². The second kappa shape index (κ2) is 6.32. The molecule has 0 aliphatic carbocycles. The van der Waals surface area contributed by atoms with Crippen molar-refractivity contribution in [2.45, 2.75) is 33.1 Å². The number of nitrogens with two attached hydrogens (primary N) is 1. The minimum atomic E-state index is -0.307. The van der Waals surface area contributed by atoms with Crippen LogP contribution in [-0.2, 0) is 12.8 Å². The number of amidine groups is 2. The molecule has 1 aliphatic rings. The fraction of sp³-hybridized carbons (Fsp3) is 0.278. The van der Waals surface area contributed by atoms with E-state index in [-0.39, 0.29) is 5.82 Å². The Hall–Kier alpha value is -2.27. The van der Waals surface area contributed by atoms with Gasteiger partial charge >= 0.3 is 0 Å². The van der Waals surface area contributed by atoms with Crippen LogP contribution in [0.15, 0.2) is 24.5 Å². The molecule has 3 N–H and O–H groups in total. The number of aryl methyl sites for hydroxylation is 1. The number of nitrogens with zero attached hydrogens (tertiary/aromatic N) is 2. The molecule has 3 rings (SSSR count). The van der Waals surface area contributed by atoms with Gasteiger partial charge < -0.3 is 5.73 Å². The molecule has 0 fully saturated rings. The molecule has 2 aromatic rings. The van der Waals surface area contributed by atoms with Crippen molar-refractivity contribution in [2.75, 3.05) is 0 Å². The van der Waals surface area contributed by atoms with E-state index < -0.39 is 0 Å². The van der Waals surface area contributed by atoms with Crippen LogP contribution in [-0.4, -0.2) is 21.2 Å². The van der Waals surface area contributed by atoms with Gasteiger partial charge in [-0.25, -0.2) is 8.97 Å². The SMILES string of the molecule is CCc1c(F)cncc1-c1cc(Cl)c2c(c1)CCC(=N)[N+]2=C(C)N. The molecule has 4 nitrogen and oxygen atoms in total. The first kappa shape index (κ1) is 16.6. The highest BCUT2D eigenvalue weighted by Crippen LogP contribution is 2.38. The molecule has 1 aromatic carbocycles. The summed E-state index contributed by atoms with van der Waals surface area (Å²) >= 11 is 6.52. The van der Waals surface area contributed by atoms with Crippen LogP contribution in [0.25, 0.3) is 11.1 Å². The Bertz CT molecular complexity index is 870. The number of halogens is 2. The number of hydrogen-bond donors (Lipinski definition) is 2. The van der Waals surface area contributed by atoms with E-state index >= 15 is 0 Å². The van der Waals surface area contributed by atoms with Crippen LogP contribution in [0.4, 0.5) is 10.1 Å². The smallest absolute Gasteiger partial charge is 0.234 e. The molecule has 24 heavy (non-hydrogen) atoms. The van der Waals surface area contributed by atoms with Crippen molar-refractivity contribution in [3.63, 3.8) is 0 Å². The second-order valence-electron chi connectivity index (χ2n) is 5.89. The summed E-state index contributed by atoms with van der Waals surface area (Å²) in [5.41, 5.74) is 9.91. The minimum Gasteiger partial charge on any atom is -0.322 e. The number of rotatable bonds is 2. The Morgan fingerprint density at radius 3 is 2.79 bits per heavy atom. The summed E-state index contributed by atoms with van der Waals surface area (Å²) in [4.78, 5) is 3.98. The topological polar surface area (TPSA) is 65.8 Å². The van der Waals surface area contributed by atoms with Gasteiger partial charge in [-0.05, 0) is 41.7 Å². The largest absolute Gasteiger partial charge is 0.322 e. The average Bonchev–Trinajstić information content (AvgIpc) is 2.54. The van der Waals surface area contributed by atoms with Crippen molar-refractivity contribution in [1.29, 1.82) is 5.41 Å². The summed E-state index contributed by atoms with van der Waals surface area (Å²) in [6.07, 6.45) is 4.77. The van der Waals surface area contributed by atoms with Crippen LogP contribution in [0, 0.1) is 11.2 Å². The number of aromatic nitrogens is 1. The molecule has 0 amide bonds. The maximum atomic E-state index is 14.0. The lowest BCUT2D eigenvalue weighted by Gasteiger charge is -2.21. The number of pyridine rings is 1. The number of hydrogen-bond acceptors (Lipinski definition) is 2. The number of nitrogens with one attached hydrogen (secondary N) is 1. The summed E-state index contributed by atoms with van der Waals surface area (Å²) in [5, 5.41) is 8.62. The Kier molecular flexibility index (Phi) is 4.37. The molecule has 0 spiro atoms. The molecule has 0 bridgehead atoms. The molecule has 124 valence electrons. The van der Waals surface area contributed by atoms with E-state index in [1.54, 1.807) is 23.8 Å². The molecule has 0 radical (unpaired) electrons. The predicted octanol–water partition coefficient (Wildman–Crippen LogP) is 4.05. The summed E-state index contributed by atoms with van der Waals surface area (Å²) in [5.74, 6) is 0.634. The zero-order chi connectivity index (χ0) is 17.4. The molecule has 0 atom stereocenters. The van der Waals surface area contributed by atoms with Gasteiger partial charge in [-0.2, -0.15) is 5.41 Å². The van der Waals surface area contributed by atoms with Gasteiger partial charge in [0.15, 0.2) is 5.84 Å². The fourth-order valence-corrected chi connectivity index (χ4v) is 3.53. The van der Waals surface area contributed by atoms with Gasteiger partial charge in [0.1, 0.15) is 11.5 Å². The number of benzene rings is 1. The van der Waals surface area contributed by atoms with Crippen LogP contribution >= 0.6 is 11.6 Å². The van der Waals surface area contributed by atoms with E-state index in [4.69, 9.17) is 22.7 Å². The molecular formula is C18H19ClFN4+. The molecule has 2 heterocycles. The first-order valence-corrected chi connectivity index (χ1v) is 8.23. The highest BCUT2D eigenvalue weighted by Gasteiger charge is 2.27. The maximum absolute atomic E-state index is 14.0. The lowest BCUT2D eigenvalue weighted by Crippen LogP contribution is -2.31. The van der Waals surface area contributed by atoms with Crippen molar-refractivity contribution in [3.8, 4) is 11.1 Å². The molecule has 0 saturated carbocycles. The quantitative estimate of drug-likeness (QED) is 0.637. The van der Waals surface area contributed by atoms with Crippen molar-refractivity contribution >= 4 is 29.0 Å². The number of fused-ring (bicyclic) bond motifs is 1. The summed E-state index contributed by atoms with van der Waals surface area (Å²) in [7, 11) is 0. The third kappa shape index (κ3) is 2.69. The van der Waals surface area contributed by atoms with Crippen LogP contribution in [0.1, 0.15) is 31.4 Å². The molecule has 0 saturated heterocycles. The Morgan fingerprint density at radius 2 is 2.12 bits per heavy atom. The third-order valence-electron chi connectivity index (χ3n) is 4.29. The normalized spacial score (nSPS) is 16.1. The van der Waals surface area contributed by atoms with E-state index in [0.717, 1.165) is 22.4 Å². The van der Waals surface area contributed by atoms with Crippen molar-refractivity contribution in [2.24, 2.45) is 5.73 Å². The second-order valence-corrected chi connectivity index (χ2v) is 6.30. The Morgan fingerprint density at radius 1 is 1.38 bits per heavy atom. The molecule has 1 aliphatic heterocycles. The highest BCUT2D eigenvalue weighted by atomic mass is 35.5. The third-order valence-corrected chi connectivity index (χ3v) is 4.58. The van der Waals surface area contributed by atoms with E-state index in [1.807, 2.05) is 13.0 Å². The average molecular weight is 346 g/mol. The van der Waals surface area contributed by atoms with Gasteiger partial charge in [0.25, 0.3) is 0 Å². The van der Waals surface area contributed by atoms with E-state index in [9.17, 15) is 4.39 Å². The molecule has 0 unspecified atom stereocenters. The van der Waals surface area contributed by atoms with Gasteiger partial charge in [-0.15, -0.1) is 0 Å². The van der Waals surface area contributed by atoms with E-state index in [1.165, 1.54) is 6.20 Å². The van der Waals surface area contributed by atoms with Gasteiger partial charge in [0.2, 0.25) is 5.84 Å². The van der Waals surface area contributed by atoms with E-state index in [0.29, 0.717) is 41.5 Å².